The number of rotatable bonds is 4. The average Bonchev–Trinajstić information content (AvgIpc) is 2.52. The molecule has 2 aromatic rings. The van der Waals surface area contributed by atoms with E-state index in [9.17, 15) is 4.79 Å². The highest BCUT2D eigenvalue weighted by Gasteiger charge is 2.09. The van der Waals surface area contributed by atoms with Crippen LogP contribution in [-0.4, -0.2) is 20.4 Å². The molecule has 4 nitrogen and oxygen atoms in total. The van der Waals surface area contributed by atoms with E-state index in [-0.39, 0.29) is 5.56 Å². The second-order valence-electron chi connectivity index (χ2n) is 4.81. The Bertz CT molecular complexity index is 784. The maximum atomic E-state index is 11.7. The van der Waals surface area contributed by atoms with Crippen LogP contribution in [0.1, 0.15) is 16.9 Å². The molecule has 0 saturated carbocycles. The van der Waals surface area contributed by atoms with Gasteiger partial charge in [-0.05, 0) is 36.1 Å². The first-order valence-electron chi connectivity index (χ1n) is 6.63. The van der Waals surface area contributed by atoms with Crippen LogP contribution < -0.4 is 10.5 Å². The molecule has 0 spiro atoms. The zero-order valence-electron chi connectivity index (χ0n) is 12.7. The molecule has 0 unspecified atom stereocenters. The summed E-state index contributed by atoms with van der Waals surface area (Å²) in [6.45, 7) is 0. The lowest BCUT2D eigenvalue weighted by Gasteiger charge is -2.11. The number of nitrogens with zero attached hydrogens (tertiary/aromatic N) is 2. The Balaban J connectivity index is 2.29. The van der Waals surface area contributed by atoms with Gasteiger partial charge < -0.3 is 9.32 Å². The summed E-state index contributed by atoms with van der Waals surface area (Å²) in [5.74, 6) is 0.435. The first kappa shape index (κ1) is 15.9. The zero-order valence-corrected chi connectivity index (χ0v) is 13.5. The van der Waals surface area contributed by atoms with Gasteiger partial charge in [0.05, 0.1) is 0 Å². The van der Waals surface area contributed by atoms with Gasteiger partial charge in [-0.1, -0.05) is 18.2 Å². The number of nitriles is 1. The predicted molar refractivity (Wildman–Crippen MR) is 91.2 cm³/mol. The molecule has 0 bridgehead atoms. The molecule has 0 saturated heterocycles. The molecule has 0 amide bonds. The third-order valence-corrected chi connectivity index (χ3v) is 3.88. The normalized spacial score (nSPS) is 10.6. The van der Waals surface area contributed by atoms with Crippen molar-refractivity contribution < 1.29 is 4.42 Å². The summed E-state index contributed by atoms with van der Waals surface area (Å²) in [5, 5.41) is 8.95. The highest BCUT2D eigenvalue weighted by molar-refractivity contribution is 7.98. The lowest BCUT2D eigenvalue weighted by molar-refractivity contribution is 0.494. The minimum atomic E-state index is -0.600. The second-order valence-corrected chi connectivity index (χ2v) is 5.66. The topological polar surface area (TPSA) is 57.2 Å². The number of thioether (sulfide) groups is 1. The molecule has 22 heavy (non-hydrogen) atoms. The Morgan fingerprint density at radius 2 is 1.91 bits per heavy atom. The summed E-state index contributed by atoms with van der Waals surface area (Å²) in [5.41, 5.74) is 1.58. The van der Waals surface area contributed by atoms with Crippen LogP contribution in [0.15, 0.2) is 44.4 Å². The Morgan fingerprint density at radius 3 is 2.45 bits per heavy atom. The molecule has 1 aromatic heterocycles. The van der Waals surface area contributed by atoms with Gasteiger partial charge in [0.2, 0.25) is 0 Å². The van der Waals surface area contributed by atoms with Gasteiger partial charge in [0.25, 0.3) is 0 Å². The highest BCUT2D eigenvalue weighted by Crippen LogP contribution is 2.20. The minimum absolute atomic E-state index is 0.0555. The molecule has 1 heterocycles. The smallest absolute Gasteiger partial charge is 0.355 e. The second kappa shape index (κ2) is 7.01. The van der Waals surface area contributed by atoms with Crippen molar-refractivity contribution in [2.24, 2.45) is 0 Å². The Labute approximate surface area is 133 Å². The van der Waals surface area contributed by atoms with Crippen LogP contribution in [0, 0.1) is 11.3 Å². The molecule has 2 rings (SSSR count). The fourth-order valence-corrected chi connectivity index (χ4v) is 2.46. The number of hydrogen-bond donors (Lipinski definition) is 0. The van der Waals surface area contributed by atoms with Crippen LogP contribution >= 0.6 is 11.8 Å². The summed E-state index contributed by atoms with van der Waals surface area (Å²) in [6.07, 6.45) is 5.42. The van der Waals surface area contributed by atoms with Gasteiger partial charge in [-0.15, -0.1) is 11.8 Å². The van der Waals surface area contributed by atoms with Crippen molar-refractivity contribution in [2.45, 2.75) is 4.90 Å². The van der Waals surface area contributed by atoms with Gasteiger partial charge in [0.1, 0.15) is 11.8 Å². The molecule has 0 aliphatic heterocycles. The Morgan fingerprint density at radius 1 is 1.23 bits per heavy atom. The third-order valence-electron chi connectivity index (χ3n) is 3.12. The van der Waals surface area contributed by atoms with Crippen LogP contribution in [0.2, 0.25) is 0 Å². The minimum Gasteiger partial charge on any atom is -0.422 e. The largest absolute Gasteiger partial charge is 0.422 e. The number of benzene rings is 1. The summed E-state index contributed by atoms with van der Waals surface area (Å²) >= 11 is 1.35. The van der Waals surface area contributed by atoms with Crippen molar-refractivity contribution in [3.63, 3.8) is 0 Å². The van der Waals surface area contributed by atoms with E-state index in [0.717, 1.165) is 11.3 Å². The molecule has 0 atom stereocenters. The van der Waals surface area contributed by atoms with E-state index in [0.29, 0.717) is 10.7 Å². The third kappa shape index (κ3) is 3.60. The molecule has 1 aromatic carbocycles. The summed E-state index contributed by atoms with van der Waals surface area (Å²) in [7, 11) is 3.97. The first-order chi connectivity index (χ1) is 10.5. The lowest BCUT2D eigenvalue weighted by Crippen LogP contribution is -2.07. The number of anilines is 1. The van der Waals surface area contributed by atoms with Crippen molar-refractivity contribution in [1.82, 2.24) is 0 Å². The first-order valence-corrected chi connectivity index (χ1v) is 7.85. The van der Waals surface area contributed by atoms with Crippen molar-refractivity contribution in [3.8, 4) is 6.07 Å². The summed E-state index contributed by atoms with van der Waals surface area (Å²) < 4.78 is 5.14. The standard InChI is InChI=1S/C17H16N2O2S/c1-19(2)13-7-4-12(5-8-13)6-9-14-10-16(22-3)15(11-18)17(20)21-14/h4-10H,1-3H3/b9-6+. The maximum Gasteiger partial charge on any atom is 0.355 e. The summed E-state index contributed by atoms with van der Waals surface area (Å²) in [4.78, 5) is 14.4. The molecule has 0 aliphatic carbocycles. The van der Waals surface area contributed by atoms with Crippen LogP contribution in [-0.2, 0) is 0 Å². The molecule has 5 heteroatoms. The molecular formula is C17H16N2O2S. The summed E-state index contributed by atoms with van der Waals surface area (Å²) in [6, 6.07) is 11.6. The number of hydrogen-bond acceptors (Lipinski definition) is 5. The van der Waals surface area contributed by atoms with E-state index in [1.54, 1.807) is 12.1 Å². The molecule has 0 radical (unpaired) electrons. The Kier molecular flexibility index (Phi) is 5.08. The van der Waals surface area contributed by atoms with Crippen molar-refractivity contribution >= 4 is 29.6 Å². The van der Waals surface area contributed by atoms with Gasteiger partial charge in [0, 0.05) is 24.7 Å². The SMILES string of the molecule is CSc1cc(/C=C/c2ccc(N(C)C)cc2)oc(=O)c1C#N. The predicted octanol–water partition coefficient (Wildman–Crippen LogP) is 3.47. The zero-order chi connectivity index (χ0) is 16.1. The Hall–Kier alpha value is -2.45. The fourth-order valence-electron chi connectivity index (χ4n) is 1.90. The lowest BCUT2D eigenvalue weighted by atomic mass is 10.1. The molecule has 0 aliphatic rings. The van der Waals surface area contributed by atoms with Crippen molar-refractivity contribution in [2.75, 3.05) is 25.3 Å². The van der Waals surface area contributed by atoms with Crippen LogP contribution in [0.3, 0.4) is 0 Å². The van der Waals surface area contributed by atoms with E-state index in [1.807, 2.05) is 61.7 Å². The van der Waals surface area contributed by atoms with Gasteiger partial charge >= 0.3 is 5.63 Å². The van der Waals surface area contributed by atoms with Gasteiger partial charge in [-0.3, -0.25) is 0 Å². The van der Waals surface area contributed by atoms with Crippen LogP contribution in [0.5, 0.6) is 0 Å². The van der Waals surface area contributed by atoms with Crippen LogP contribution in [0.25, 0.3) is 12.2 Å². The molecule has 0 N–H and O–H groups in total. The molecule has 0 fully saturated rings. The van der Waals surface area contributed by atoms with E-state index < -0.39 is 5.63 Å². The average molecular weight is 312 g/mol. The maximum absolute atomic E-state index is 11.7. The van der Waals surface area contributed by atoms with E-state index in [4.69, 9.17) is 9.68 Å². The molecular weight excluding hydrogens is 296 g/mol. The van der Waals surface area contributed by atoms with Gasteiger partial charge in [-0.25, -0.2) is 4.79 Å². The van der Waals surface area contributed by atoms with Crippen molar-refractivity contribution in [1.29, 1.82) is 5.26 Å². The van der Waals surface area contributed by atoms with E-state index in [1.165, 1.54) is 11.8 Å². The fraction of sp³-hybridized carbons (Fsp3) is 0.176. The van der Waals surface area contributed by atoms with Crippen LogP contribution in [0.4, 0.5) is 5.69 Å². The highest BCUT2D eigenvalue weighted by atomic mass is 32.2. The van der Waals surface area contributed by atoms with E-state index >= 15 is 0 Å². The van der Waals surface area contributed by atoms with E-state index in [2.05, 4.69) is 0 Å². The van der Waals surface area contributed by atoms with Gasteiger partial charge in [-0.2, -0.15) is 5.26 Å². The molecule has 112 valence electrons. The van der Waals surface area contributed by atoms with Gasteiger partial charge in [0.15, 0.2) is 5.56 Å². The van der Waals surface area contributed by atoms with Crippen molar-refractivity contribution in [3.05, 3.63) is 57.6 Å². The quantitative estimate of drug-likeness (QED) is 0.809. The monoisotopic (exact) mass is 312 g/mol.